The highest BCUT2D eigenvalue weighted by Crippen LogP contribution is 2.39. The molecule has 29 heavy (non-hydrogen) atoms. The second-order valence-electron chi connectivity index (χ2n) is 8.29. The summed E-state index contributed by atoms with van der Waals surface area (Å²) in [7, 11) is 0. The monoisotopic (exact) mass is 398 g/mol. The summed E-state index contributed by atoms with van der Waals surface area (Å²) in [4.78, 5) is 28.8. The molecule has 0 saturated heterocycles. The van der Waals surface area contributed by atoms with Crippen LogP contribution >= 0.6 is 0 Å². The molecule has 1 N–H and O–H groups in total. The Hall–Kier alpha value is -2.76. The van der Waals surface area contributed by atoms with Crippen LogP contribution in [-0.2, 0) is 32.9 Å². The van der Waals surface area contributed by atoms with Gasteiger partial charge in [-0.05, 0) is 55.0 Å². The first-order valence-corrected chi connectivity index (χ1v) is 9.86. The number of pyridine rings is 1. The number of aromatic nitrogens is 1. The molecule has 2 aromatic rings. The highest BCUT2D eigenvalue weighted by atomic mass is 19.1. The summed E-state index contributed by atoms with van der Waals surface area (Å²) < 4.78 is 19.0. The molecule has 1 aromatic carbocycles. The lowest BCUT2D eigenvalue weighted by Gasteiger charge is -2.29. The van der Waals surface area contributed by atoms with Gasteiger partial charge in [-0.25, -0.2) is 4.39 Å². The highest BCUT2D eigenvalue weighted by Gasteiger charge is 2.34. The SMILES string of the molecule is CC(=O)OCc1c(C(C)C)nc2c(c1-c1ccc(F)cc1)CCC(=O)NC2(C)C. The van der Waals surface area contributed by atoms with Gasteiger partial charge in [0.1, 0.15) is 12.4 Å². The first-order valence-electron chi connectivity index (χ1n) is 9.86. The number of fused-ring (bicyclic) bond motifs is 1. The fourth-order valence-corrected chi connectivity index (χ4v) is 3.92. The molecule has 0 atom stereocenters. The summed E-state index contributed by atoms with van der Waals surface area (Å²) in [6.07, 6.45) is 0.843. The van der Waals surface area contributed by atoms with Gasteiger partial charge in [0, 0.05) is 18.9 Å². The molecule has 6 heteroatoms. The van der Waals surface area contributed by atoms with Crippen molar-refractivity contribution in [2.75, 3.05) is 0 Å². The van der Waals surface area contributed by atoms with Crippen LogP contribution in [0.15, 0.2) is 24.3 Å². The van der Waals surface area contributed by atoms with Gasteiger partial charge in [0.2, 0.25) is 5.91 Å². The summed E-state index contributed by atoms with van der Waals surface area (Å²) in [5.74, 6) is -0.668. The topological polar surface area (TPSA) is 68.3 Å². The Balaban J connectivity index is 2.36. The van der Waals surface area contributed by atoms with Crippen molar-refractivity contribution in [1.29, 1.82) is 0 Å². The summed E-state index contributed by atoms with van der Waals surface area (Å²) >= 11 is 0. The summed E-state index contributed by atoms with van der Waals surface area (Å²) in [6.45, 7) is 9.39. The van der Waals surface area contributed by atoms with E-state index in [1.165, 1.54) is 19.1 Å². The van der Waals surface area contributed by atoms with Gasteiger partial charge in [0.25, 0.3) is 0 Å². The number of benzene rings is 1. The molecule has 0 radical (unpaired) electrons. The molecule has 0 spiro atoms. The van der Waals surface area contributed by atoms with Crippen molar-refractivity contribution in [3.8, 4) is 11.1 Å². The molecule has 1 amide bonds. The minimum Gasteiger partial charge on any atom is -0.461 e. The smallest absolute Gasteiger partial charge is 0.302 e. The molecule has 1 aromatic heterocycles. The van der Waals surface area contributed by atoms with Crippen molar-refractivity contribution in [3.63, 3.8) is 0 Å². The lowest BCUT2D eigenvalue weighted by molar-refractivity contribution is -0.142. The molecular formula is C23H27FN2O3. The molecule has 154 valence electrons. The number of ether oxygens (including phenoxy) is 1. The Kier molecular flexibility index (Phi) is 5.73. The van der Waals surface area contributed by atoms with E-state index in [1.54, 1.807) is 12.1 Å². The Morgan fingerprint density at radius 1 is 1.24 bits per heavy atom. The zero-order chi connectivity index (χ0) is 21.3. The van der Waals surface area contributed by atoms with Crippen LogP contribution in [0, 0.1) is 5.82 Å². The van der Waals surface area contributed by atoms with Crippen molar-refractivity contribution in [1.82, 2.24) is 10.3 Å². The maximum Gasteiger partial charge on any atom is 0.302 e. The van der Waals surface area contributed by atoms with E-state index < -0.39 is 5.54 Å². The van der Waals surface area contributed by atoms with Crippen LogP contribution in [0.4, 0.5) is 4.39 Å². The lowest BCUT2D eigenvalue weighted by Crippen LogP contribution is -2.40. The molecular weight excluding hydrogens is 371 g/mol. The number of hydrogen-bond acceptors (Lipinski definition) is 4. The number of carbonyl (C=O) groups excluding carboxylic acids is 2. The third kappa shape index (κ3) is 4.31. The number of rotatable bonds is 4. The number of carbonyl (C=O) groups is 2. The third-order valence-corrected chi connectivity index (χ3v) is 5.18. The second-order valence-corrected chi connectivity index (χ2v) is 8.29. The molecule has 0 aliphatic carbocycles. The quantitative estimate of drug-likeness (QED) is 0.777. The summed E-state index contributed by atoms with van der Waals surface area (Å²) in [5, 5.41) is 3.05. The number of hydrogen-bond donors (Lipinski definition) is 1. The predicted octanol–water partition coefficient (Wildman–Crippen LogP) is 4.37. The van der Waals surface area contributed by atoms with Crippen LogP contribution in [0.1, 0.15) is 69.5 Å². The number of nitrogens with zero attached hydrogens (tertiary/aromatic N) is 1. The van der Waals surface area contributed by atoms with Gasteiger partial charge in [-0.2, -0.15) is 0 Å². The largest absolute Gasteiger partial charge is 0.461 e. The van der Waals surface area contributed by atoms with Gasteiger partial charge in [0.05, 0.1) is 16.9 Å². The molecule has 0 unspecified atom stereocenters. The zero-order valence-corrected chi connectivity index (χ0v) is 17.6. The van der Waals surface area contributed by atoms with Gasteiger partial charge in [0.15, 0.2) is 0 Å². The van der Waals surface area contributed by atoms with Crippen LogP contribution < -0.4 is 5.32 Å². The molecule has 2 heterocycles. The van der Waals surface area contributed by atoms with E-state index in [0.717, 1.165) is 33.6 Å². The van der Waals surface area contributed by atoms with Crippen LogP contribution in [0.2, 0.25) is 0 Å². The minimum absolute atomic E-state index is 0.0364. The van der Waals surface area contributed by atoms with Crippen LogP contribution in [0.3, 0.4) is 0 Å². The van der Waals surface area contributed by atoms with Crippen molar-refractivity contribution >= 4 is 11.9 Å². The third-order valence-electron chi connectivity index (χ3n) is 5.18. The molecule has 1 aliphatic rings. The van der Waals surface area contributed by atoms with Gasteiger partial charge in [-0.1, -0.05) is 26.0 Å². The van der Waals surface area contributed by atoms with Crippen LogP contribution in [0.25, 0.3) is 11.1 Å². The Labute approximate surface area is 170 Å². The standard InChI is InChI=1S/C23H27FN2O3/c1-13(2)21-18(12-29-14(3)27)20(15-6-8-16(24)9-7-15)17-10-11-19(28)26-23(4,5)22(17)25-21/h6-9,13H,10-12H2,1-5H3,(H,26,28). The average molecular weight is 398 g/mol. The molecule has 3 rings (SSSR count). The van der Waals surface area contributed by atoms with Gasteiger partial charge in [-0.3, -0.25) is 14.6 Å². The van der Waals surface area contributed by atoms with Gasteiger partial charge < -0.3 is 10.1 Å². The van der Waals surface area contributed by atoms with E-state index in [4.69, 9.17) is 9.72 Å². The van der Waals surface area contributed by atoms with Crippen LogP contribution in [0.5, 0.6) is 0 Å². The molecule has 5 nitrogen and oxygen atoms in total. The van der Waals surface area contributed by atoms with E-state index in [0.29, 0.717) is 12.8 Å². The molecule has 0 fully saturated rings. The Bertz CT molecular complexity index is 950. The Morgan fingerprint density at radius 3 is 2.48 bits per heavy atom. The number of halogens is 1. The van der Waals surface area contributed by atoms with E-state index in [2.05, 4.69) is 5.32 Å². The number of amides is 1. The van der Waals surface area contributed by atoms with E-state index >= 15 is 0 Å². The second kappa shape index (κ2) is 7.93. The zero-order valence-electron chi connectivity index (χ0n) is 17.6. The maximum absolute atomic E-state index is 13.6. The van der Waals surface area contributed by atoms with E-state index in [9.17, 15) is 14.0 Å². The fraction of sp³-hybridized carbons (Fsp3) is 0.435. The van der Waals surface area contributed by atoms with Crippen molar-refractivity contribution < 1.29 is 18.7 Å². The van der Waals surface area contributed by atoms with Crippen molar-refractivity contribution in [3.05, 3.63) is 52.6 Å². The number of esters is 1. The highest BCUT2D eigenvalue weighted by molar-refractivity contribution is 5.81. The first kappa shape index (κ1) is 21.0. The average Bonchev–Trinajstić information content (AvgIpc) is 2.74. The first-order chi connectivity index (χ1) is 13.6. The van der Waals surface area contributed by atoms with Crippen molar-refractivity contribution in [2.24, 2.45) is 0 Å². The summed E-state index contributed by atoms with van der Waals surface area (Å²) in [6, 6.07) is 6.27. The lowest BCUT2D eigenvalue weighted by atomic mass is 9.84. The predicted molar refractivity (Wildman–Crippen MR) is 109 cm³/mol. The van der Waals surface area contributed by atoms with Crippen LogP contribution in [-0.4, -0.2) is 16.9 Å². The normalized spacial score (nSPS) is 15.5. The van der Waals surface area contributed by atoms with Gasteiger partial charge in [-0.15, -0.1) is 0 Å². The molecule has 1 aliphatic heterocycles. The minimum atomic E-state index is -0.651. The van der Waals surface area contributed by atoms with Gasteiger partial charge >= 0.3 is 5.97 Å². The molecule has 0 saturated carbocycles. The summed E-state index contributed by atoms with van der Waals surface area (Å²) in [5.41, 5.74) is 4.41. The van der Waals surface area contributed by atoms with E-state index in [-0.39, 0.29) is 30.2 Å². The van der Waals surface area contributed by atoms with E-state index in [1.807, 2.05) is 27.7 Å². The van der Waals surface area contributed by atoms with Crippen molar-refractivity contribution in [2.45, 2.75) is 65.5 Å². The number of nitrogens with one attached hydrogen (secondary N) is 1. The Morgan fingerprint density at radius 2 is 1.90 bits per heavy atom. The maximum atomic E-state index is 13.6. The molecule has 0 bridgehead atoms. The fourth-order valence-electron chi connectivity index (χ4n) is 3.92.